The van der Waals surface area contributed by atoms with Crippen molar-refractivity contribution < 1.29 is 23.8 Å². The van der Waals surface area contributed by atoms with Crippen LogP contribution in [0.3, 0.4) is 0 Å². The van der Waals surface area contributed by atoms with E-state index in [9.17, 15) is 9.59 Å². The van der Waals surface area contributed by atoms with Crippen LogP contribution in [0.4, 0.5) is 0 Å². The second-order valence-electron chi connectivity index (χ2n) is 9.68. The first kappa shape index (κ1) is 25.8. The number of allylic oxidation sites excluding steroid dienone is 1. The molecule has 2 aromatic carbocycles. The summed E-state index contributed by atoms with van der Waals surface area (Å²) in [5, 5.41) is 0. The minimum atomic E-state index is -0.413. The number of hydrogen-bond donors (Lipinski definition) is 1. The highest BCUT2D eigenvalue weighted by atomic mass is 16.5. The zero-order valence-electron chi connectivity index (χ0n) is 21.3. The van der Waals surface area contributed by atoms with Crippen LogP contribution in [0.2, 0.25) is 0 Å². The van der Waals surface area contributed by atoms with Gasteiger partial charge in [0, 0.05) is 24.9 Å². The Bertz CT molecular complexity index is 1100. The number of hydrogen-bond acceptors (Lipinski definition) is 6. The minimum absolute atomic E-state index is 0.153. The van der Waals surface area contributed by atoms with E-state index in [4.69, 9.17) is 19.9 Å². The molecule has 2 aromatic rings. The molecule has 2 N–H and O–H groups in total. The number of methoxy groups -OCH3 is 2. The number of piperidine rings is 1. The highest BCUT2D eigenvalue weighted by Gasteiger charge is 2.30. The number of amides is 1. The van der Waals surface area contributed by atoms with E-state index in [0.29, 0.717) is 29.6 Å². The van der Waals surface area contributed by atoms with Crippen LogP contribution in [0.25, 0.3) is 5.76 Å². The number of esters is 1. The summed E-state index contributed by atoms with van der Waals surface area (Å²) in [6.07, 6.45) is 4.55. The number of ether oxygens (including phenoxy) is 3. The lowest BCUT2D eigenvalue weighted by Gasteiger charge is -2.32. The first-order valence-electron chi connectivity index (χ1n) is 12.7. The van der Waals surface area contributed by atoms with E-state index >= 15 is 0 Å². The molecule has 0 radical (unpaired) electrons. The number of carbonyl (C=O) groups is 2. The van der Waals surface area contributed by atoms with Crippen LogP contribution >= 0.6 is 0 Å². The van der Waals surface area contributed by atoms with Crippen LogP contribution in [-0.4, -0.2) is 44.1 Å². The fourth-order valence-corrected chi connectivity index (χ4v) is 5.18. The molecule has 0 aromatic heterocycles. The standard InChI is InChI=1S/C29H36N2O5/c1-34-25-17-22-16-23(15-20-11-13-31(14-12-20)19-21-7-4-3-5-8-21)29(24(22)18-26(25)35-2)36-28(33)10-6-9-27(30)32/h3-5,7-8,17-18,20H,6,9-16,19H2,1-2H3,(H2,30,32). The smallest absolute Gasteiger partial charge is 0.311 e. The Kier molecular flexibility index (Phi) is 8.65. The van der Waals surface area contributed by atoms with Crippen molar-refractivity contribution in [1.82, 2.24) is 4.90 Å². The Morgan fingerprint density at radius 1 is 1.00 bits per heavy atom. The van der Waals surface area contributed by atoms with Gasteiger partial charge in [0.1, 0.15) is 5.76 Å². The van der Waals surface area contributed by atoms with Gasteiger partial charge in [-0.3, -0.25) is 14.5 Å². The third-order valence-corrected chi connectivity index (χ3v) is 7.09. The molecule has 36 heavy (non-hydrogen) atoms. The van der Waals surface area contributed by atoms with Gasteiger partial charge in [0.05, 0.1) is 14.2 Å². The van der Waals surface area contributed by atoms with Gasteiger partial charge in [-0.05, 0) is 79.9 Å². The predicted molar refractivity (Wildman–Crippen MR) is 138 cm³/mol. The van der Waals surface area contributed by atoms with Gasteiger partial charge in [0.2, 0.25) is 5.91 Å². The van der Waals surface area contributed by atoms with Crippen LogP contribution in [0.1, 0.15) is 55.2 Å². The molecule has 0 atom stereocenters. The molecular weight excluding hydrogens is 456 g/mol. The van der Waals surface area contributed by atoms with Crippen molar-refractivity contribution in [2.24, 2.45) is 11.7 Å². The molecule has 0 spiro atoms. The van der Waals surface area contributed by atoms with Gasteiger partial charge < -0.3 is 19.9 Å². The second kappa shape index (κ2) is 12.1. The maximum absolute atomic E-state index is 12.7. The molecule has 2 aliphatic rings. The SMILES string of the molecule is COc1cc2c(cc1OC)C(OC(=O)CCCC(N)=O)=C(CC1CCN(Cc3ccccc3)CC1)C2. The van der Waals surface area contributed by atoms with Crippen molar-refractivity contribution in [3.8, 4) is 11.5 Å². The molecule has 1 fully saturated rings. The van der Waals surface area contributed by atoms with E-state index in [1.807, 2.05) is 12.1 Å². The van der Waals surface area contributed by atoms with Gasteiger partial charge in [0.15, 0.2) is 11.5 Å². The Morgan fingerprint density at radius 2 is 1.69 bits per heavy atom. The maximum Gasteiger partial charge on any atom is 0.311 e. The zero-order valence-corrected chi connectivity index (χ0v) is 21.3. The molecule has 1 saturated heterocycles. The molecule has 4 rings (SSSR count). The Labute approximate surface area is 213 Å². The molecule has 1 aliphatic heterocycles. The number of fused-ring (bicyclic) bond motifs is 1. The highest BCUT2D eigenvalue weighted by Crippen LogP contribution is 2.43. The molecule has 0 unspecified atom stereocenters. The van der Waals surface area contributed by atoms with Crippen LogP contribution in [0, 0.1) is 5.92 Å². The van der Waals surface area contributed by atoms with E-state index in [2.05, 4.69) is 35.2 Å². The highest BCUT2D eigenvalue weighted by molar-refractivity contribution is 5.83. The molecule has 1 amide bonds. The van der Waals surface area contributed by atoms with Crippen molar-refractivity contribution in [2.75, 3.05) is 27.3 Å². The summed E-state index contributed by atoms with van der Waals surface area (Å²) in [6.45, 7) is 3.10. The molecule has 1 aliphatic carbocycles. The first-order chi connectivity index (χ1) is 17.5. The van der Waals surface area contributed by atoms with Gasteiger partial charge in [-0.2, -0.15) is 0 Å². The summed E-state index contributed by atoms with van der Waals surface area (Å²) in [7, 11) is 3.22. The van der Waals surface area contributed by atoms with Gasteiger partial charge in [-0.15, -0.1) is 0 Å². The minimum Gasteiger partial charge on any atom is -0.493 e. The van der Waals surface area contributed by atoms with Gasteiger partial charge in [-0.25, -0.2) is 0 Å². The normalized spacial score (nSPS) is 16.1. The van der Waals surface area contributed by atoms with Gasteiger partial charge in [0.25, 0.3) is 0 Å². The van der Waals surface area contributed by atoms with E-state index in [0.717, 1.165) is 62.0 Å². The van der Waals surface area contributed by atoms with Gasteiger partial charge >= 0.3 is 5.97 Å². The Balaban J connectivity index is 1.46. The number of benzene rings is 2. The van der Waals surface area contributed by atoms with Crippen LogP contribution in [0.15, 0.2) is 48.0 Å². The van der Waals surface area contributed by atoms with E-state index in [-0.39, 0.29) is 18.8 Å². The average Bonchev–Trinajstić information content (AvgIpc) is 3.20. The molecule has 192 valence electrons. The van der Waals surface area contributed by atoms with Crippen molar-refractivity contribution in [3.63, 3.8) is 0 Å². The first-order valence-corrected chi connectivity index (χ1v) is 12.7. The number of nitrogens with two attached hydrogens (primary N) is 1. The molecular formula is C29H36N2O5. The molecule has 0 saturated carbocycles. The third-order valence-electron chi connectivity index (χ3n) is 7.09. The lowest BCUT2D eigenvalue weighted by molar-refractivity contribution is -0.136. The number of likely N-dealkylation sites (tertiary alicyclic amines) is 1. The summed E-state index contributed by atoms with van der Waals surface area (Å²) >= 11 is 0. The summed E-state index contributed by atoms with van der Waals surface area (Å²) in [4.78, 5) is 26.2. The van der Waals surface area contributed by atoms with Crippen LogP contribution in [0.5, 0.6) is 11.5 Å². The van der Waals surface area contributed by atoms with Crippen molar-refractivity contribution in [2.45, 2.75) is 51.5 Å². The van der Waals surface area contributed by atoms with Crippen molar-refractivity contribution in [3.05, 3.63) is 64.7 Å². The Hall–Kier alpha value is -3.32. The molecule has 7 heteroatoms. The Morgan fingerprint density at radius 3 is 2.36 bits per heavy atom. The van der Waals surface area contributed by atoms with Crippen LogP contribution in [-0.2, 0) is 27.3 Å². The largest absolute Gasteiger partial charge is 0.493 e. The lowest BCUT2D eigenvalue weighted by Crippen LogP contribution is -2.33. The second-order valence-corrected chi connectivity index (χ2v) is 9.68. The number of primary amides is 1. The number of rotatable bonds is 11. The quantitative estimate of drug-likeness (QED) is 0.466. The number of carbonyl (C=O) groups excluding carboxylic acids is 2. The maximum atomic E-state index is 12.7. The zero-order chi connectivity index (χ0) is 25.5. The van der Waals surface area contributed by atoms with Gasteiger partial charge in [-0.1, -0.05) is 30.3 Å². The van der Waals surface area contributed by atoms with Crippen molar-refractivity contribution >= 4 is 17.6 Å². The lowest BCUT2D eigenvalue weighted by atomic mass is 9.89. The fourth-order valence-electron chi connectivity index (χ4n) is 5.18. The molecule has 1 heterocycles. The van der Waals surface area contributed by atoms with E-state index in [1.54, 1.807) is 14.2 Å². The average molecular weight is 493 g/mol. The predicted octanol–water partition coefficient (Wildman–Crippen LogP) is 4.47. The summed E-state index contributed by atoms with van der Waals surface area (Å²) in [5.41, 5.74) is 9.66. The van der Waals surface area contributed by atoms with E-state index in [1.165, 1.54) is 5.56 Å². The van der Waals surface area contributed by atoms with Crippen molar-refractivity contribution in [1.29, 1.82) is 0 Å². The third kappa shape index (κ3) is 6.46. The van der Waals surface area contributed by atoms with Crippen LogP contribution < -0.4 is 15.2 Å². The van der Waals surface area contributed by atoms with E-state index < -0.39 is 5.91 Å². The monoisotopic (exact) mass is 492 g/mol. The summed E-state index contributed by atoms with van der Waals surface area (Å²) < 4.78 is 16.9. The number of nitrogens with zero attached hydrogens (tertiary/aromatic N) is 1. The molecule has 0 bridgehead atoms. The summed E-state index contributed by atoms with van der Waals surface area (Å²) in [6, 6.07) is 14.5. The fraction of sp³-hybridized carbons (Fsp3) is 0.448. The summed E-state index contributed by atoms with van der Waals surface area (Å²) in [5.74, 6) is 1.69. The topological polar surface area (TPSA) is 91.1 Å². The molecule has 7 nitrogen and oxygen atoms in total.